The Morgan fingerprint density at radius 1 is 1.00 bits per heavy atom. The van der Waals surface area contributed by atoms with Crippen LogP contribution in [-0.4, -0.2) is 29.9 Å². The zero-order chi connectivity index (χ0) is 20.8. The summed E-state index contributed by atoms with van der Waals surface area (Å²) >= 11 is 0. The molecule has 1 aliphatic heterocycles. The number of carbonyl (C=O) groups is 2. The summed E-state index contributed by atoms with van der Waals surface area (Å²) in [6.45, 7) is 0.823. The molecule has 4 rings (SSSR count). The van der Waals surface area contributed by atoms with Crippen molar-refractivity contribution in [2.45, 2.75) is 13.1 Å². The van der Waals surface area contributed by atoms with E-state index in [1.54, 1.807) is 29.2 Å². The van der Waals surface area contributed by atoms with E-state index in [9.17, 15) is 9.59 Å². The summed E-state index contributed by atoms with van der Waals surface area (Å²) in [5, 5.41) is 2.84. The van der Waals surface area contributed by atoms with Crippen LogP contribution in [0.4, 0.5) is 5.69 Å². The molecule has 0 radical (unpaired) electrons. The number of nitrogens with one attached hydrogen (secondary N) is 1. The highest BCUT2D eigenvalue weighted by Crippen LogP contribution is 2.27. The van der Waals surface area contributed by atoms with Crippen molar-refractivity contribution >= 4 is 17.5 Å². The lowest BCUT2D eigenvalue weighted by atomic mass is 10.1. The van der Waals surface area contributed by atoms with Crippen molar-refractivity contribution in [1.82, 2.24) is 4.90 Å². The fourth-order valence-electron chi connectivity index (χ4n) is 3.26. The summed E-state index contributed by atoms with van der Waals surface area (Å²) in [4.78, 5) is 26.5. The summed E-state index contributed by atoms with van der Waals surface area (Å²) in [5.74, 6) is 0.956. The van der Waals surface area contributed by atoms with Crippen molar-refractivity contribution < 1.29 is 19.1 Å². The fraction of sp³-hybridized carbons (Fsp3) is 0.167. The summed E-state index contributed by atoms with van der Waals surface area (Å²) in [6.07, 6.45) is 0. The Kier molecular flexibility index (Phi) is 5.94. The Hall–Kier alpha value is -3.80. The largest absolute Gasteiger partial charge is 0.484 e. The highest BCUT2D eigenvalue weighted by molar-refractivity contribution is 5.92. The van der Waals surface area contributed by atoms with E-state index in [0.29, 0.717) is 30.3 Å². The van der Waals surface area contributed by atoms with Gasteiger partial charge in [0.05, 0.1) is 0 Å². The number of ether oxygens (including phenoxy) is 2. The van der Waals surface area contributed by atoms with E-state index in [1.165, 1.54) is 0 Å². The van der Waals surface area contributed by atoms with Crippen molar-refractivity contribution in [3.05, 3.63) is 90.0 Å². The smallest absolute Gasteiger partial charge is 0.262 e. The van der Waals surface area contributed by atoms with Gasteiger partial charge in [0.15, 0.2) is 13.2 Å². The summed E-state index contributed by atoms with van der Waals surface area (Å²) in [5.41, 5.74) is 2.53. The third-order valence-electron chi connectivity index (χ3n) is 4.74. The van der Waals surface area contributed by atoms with Crippen molar-refractivity contribution in [2.75, 3.05) is 18.5 Å². The molecule has 1 aliphatic rings. The first kappa shape index (κ1) is 19.5. The van der Waals surface area contributed by atoms with E-state index in [1.807, 2.05) is 54.6 Å². The third-order valence-corrected chi connectivity index (χ3v) is 4.74. The molecule has 6 heteroatoms. The SMILES string of the molecule is O=C(COc1ccccc1)Nc1ccc2c(c1)CN(Cc1ccccc1)C(=O)CO2. The molecule has 1 heterocycles. The minimum atomic E-state index is -0.259. The molecule has 0 bridgehead atoms. The lowest BCUT2D eigenvalue weighted by Gasteiger charge is -2.20. The number of hydrogen-bond acceptors (Lipinski definition) is 4. The molecule has 0 saturated heterocycles. The number of amides is 2. The van der Waals surface area contributed by atoms with Crippen LogP contribution in [0.5, 0.6) is 11.5 Å². The highest BCUT2D eigenvalue weighted by atomic mass is 16.5. The van der Waals surface area contributed by atoms with E-state index >= 15 is 0 Å². The van der Waals surface area contributed by atoms with Gasteiger partial charge in [0.1, 0.15) is 11.5 Å². The summed E-state index contributed by atoms with van der Waals surface area (Å²) < 4.78 is 11.1. The number of carbonyl (C=O) groups excluding carboxylic acids is 2. The second kappa shape index (κ2) is 9.13. The number of fused-ring (bicyclic) bond motifs is 1. The molecule has 0 aliphatic carbocycles. The second-order valence-electron chi connectivity index (χ2n) is 7.00. The maximum atomic E-state index is 12.5. The van der Waals surface area contributed by atoms with E-state index in [0.717, 1.165) is 11.1 Å². The van der Waals surface area contributed by atoms with Crippen LogP contribution in [0.1, 0.15) is 11.1 Å². The van der Waals surface area contributed by atoms with Gasteiger partial charge in [-0.15, -0.1) is 0 Å². The Balaban J connectivity index is 1.42. The number of benzene rings is 3. The lowest BCUT2D eigenvalue weighted by molar-refractivity contribution is -0.133. The van der Waals surface area contributed by atoms with Gasteiger partial charge in [0, 0.05) is 24.3 Å². The first-order valence-corrected chi connectivity index (χ1v) is 9.72. The molecule has 0 unspecified atom stereocenters. The van der Waals surface area contributed by atoms with Gasteiger partial charge in [-0.1, -0.05) is 48.5 Å². The molecular weight excluding hydrogens is 380 g/mol. The van der Waals surface area contributed by atoms with Crippen LogP contribution in [0.3, 0.4) is 0 Å². The van der Waals surface area contributed by atoms with Gasteiger partial charge in [-0.25, -0.2) is 0 Å². The van der Waals surface area contributed by atoms with E-state index < -0.39 is 0 Å². The van der Waals surface area contributed by atoms with Gasteiger partial charge in [-0.3, -0.25) is 9.59 Å². The van der Waals surface area contributed by atoms with Crippen LogP contribution >= 0.6 is 0 Å². The molecule has 0 aromatic heterocycles. The predicted octanol–water partition coefficient (Wildman–Crippen LogP) is 3.63. The molecule has 1 N–H and O–H groups in total. The molecular formula is C24H22N2O4. The molecule has 6 nitrogen and oxygen atoms in total. The number of hydrogen-bond donors (Lipinski definition) is 1. The van der Waals surface area contributed by atoms with Crippen LogP contribution in [0.15, 0.2) is 78.9 Å². The zero-order valence-corrected chi connectivity index (χ0v) is 16.4. The molecule has 3 aromatic carbocycles. The van der Waals surface area contributed by atoms with E-state index in [4.69, 9.17) is 9.47 Å². The predicted molar refractivity (Wildman–Crippen MR) is 113 cm³/mol. The average molecular weight is 402 g/mol. The monoisotopic (exact) mass is 402 g/mol. The summed E-state index contributed by atoms with van der Waals surface area (Å²) in [6, 6.07) is 24.4. The molecule has 30 heavy (non-hydrogen) atoms. The molecule has 152 valence electrons. The first-order chi connectivity index (χ1) is 14.7. The third kappa shape index (κ3) is 4.97. The molecule has 0 spiro atoms. The van der Waals surface area contributed by atoms with E-state index in [-0.39, 0.29) is 25.0 Å². The molecule has 2 amide bonds. The number of para-hydroxylation sites is 1. The summed E-state index contributed by atoms with van der Waals surface area (Å²) in [7, 11) is 0. The minimum absolute atomic E-state index is 0.00352. The maximum Gasteiger partial charge on any atom is 0.262 e. The maximum absolute atomic E-state index is 12.5. The van der Waals surface area contributed by atoms with Crippen LogP contribution in [0.2, 0.25) is 0 Å². The molecule has 0 fully saturated rings. The topological polar surface area (TPSA) is 67.9 Å². The fourth-order valence-corrected chi connectivity index (χ4v) is 3.26. The van der Waals surface area contributed by atoms with E-state index in [2.05, 4.69) is 5.32 Å². The Labute approximate surface area is 175 Å². The van der Waals surface area contributed by atoms with Gasteiger partial charge in [-0.05, 0) is 35.9 Å². The number of anilines is 1. The van der Waals surface area contributed by atoms with Gasteiger partial charge in [-0.2, -0.15) is 0 Å². The van der Waals surface area contributed by atoms with Gasteiger partial charge >= 0.3 is 0 Å². The molecule has 0 atom stereocenters. The highest BCUT2D eigenvalue weighted by Gasteiger charge is 2.22. The van der Waals surface area contributed by atoms with Crippen molar-refractivity contribution in [1.29, 1.82) is 0 Å². The molecule has 0 saturated carbocycles. The standard InChI is InChI=1S/C24H22N2O4/c27-23(16-29-21-9-5-2-6-10-21)25-20-11-12-22-19(13-20)15-26(24(28)17-30-22)14-18-7-3-1-4-8-18/h1-13H,14-17H2,(H,25,27). The number of nitrogens with zero attached hydrogens (tertiary/aromatic N) is 1. The lowest BCUT2D eigenvalue weighted by Crippen LogP contribution is -2.31. The van der Waals surface area contributed by atoms with Gasteiger partial charge in [0.2, 0.25) is 0 Å². The first-order valence-electron chi connectivity index (χ1n) is 9.72. The Morgan fingerprint density at radius 2 is 1.73 bits per heavy atom. The quantitative estimate of drug-likeness (QED) is 0.684. The van der Waals surface area contributed by atoms with Crippen molar-refractivity contribution in [3.8, 4) is 11.5 Å². The zero-order valence-electron chi connectivity index (χ0n) is 16.4. The minimum Gasteiger partial charge on any atom is -0.484 e. The van der Waals surface area contributed by atoms with Crippen molar-refractivity contribution in [3.63, 3.8) is 0 Å². The second-order valence-corrected chi connectivity index (χ2v) is 7.00. The van der Waals surface area contributed by atoms with Crippen molar-refractivity contribution in [2.24, 2.45) is 0 Å². The van der Waals surface area contributed by atoms with Crippen LogP contribution in [0.25, 0.3) is 0 Å². The van der Waals surface area contributed by atoms with Crippen LogP contribution < -0.4 is 14.8 Å². The Morgan fingerprint density at radius 3 is 2.50 bits per heavy atom. The van der Waals surface area contributed by atoms with Crippen LogP contribution in [-0.2, 0) is 22.7 Å². The number of rotatable bonds is 6. The van der Waals surface area contributed by atoms with Gasteiger partial charge < -0.3 is 19.7 Å². The average Bonchev–Trinajstić information content (AvgIpc) is 2.92. The van der Waals surface area contributed by atoms with Gasteiger partial charge in [0.25, 0.3) is 11.8 Å². The normalized spacial score (nSPS) is 13.1. The molecule has 3 aromatic rings. The van der Waals surface area contributed by atoms with Crippen LogP contribution in [0, 0.1) is 0 Å². The Bertz CT molecular complexity index is 1020.